The maximum Gasteiger partial charge on any atom is 0.315 e. The molecule has 0 saturated heterocycles. The summed E-state index contributed by atoms with van der Waals surface area (Å²) < 4.78 is 1.85. The molecule has 1 unspecified atom stereocenters. The van der Waals surface area contributed by atoms with Gasteiger partial charge in [0, 0.05) is 18.3 Å². The number of carbonyl (C=O) groups is 1. The van der Waals surface area contributed by atoms with E-state index in [-0.39, 0.29) is 12.6 Å². The third-order valence-electron chi connectivity index (χ3n) is 3.89. The second kappa shape index (κ2) is 8.49. The fourth-order valence-corrected chi connectivity index (χ4v) is 2.59. The van der Waals surface area contributed by atoms with Gasteiger partial charge in [0.2, 0.25) is 0 Å². The molecule has 2 aromatic rings. The minimum absolute atomic E-state index is 0.0801. The third kappa shape index (κ3) is 5.38. The van der Waals surface area contributed by atoms with Crippen molar-refractivity contribution in [2.45, 2.75) is 45.3 Å². The van der Waals surface area contributed by atoms with E-state index in [0.717, 1.165) is 18.4 Å². The zero-order valence-electron chi connectivity index (χ0n) is 14.3. The van der Waals surface area contributed by atoms with Crippen molar-refractivity contribution in [3.8, 4) is 0 Å². The molecule has 0 spiro atoms. The number of aliphatic hydroxyl groups is 1. The van der Waals surface area contributed by atoms with Crippen LogP contribution in [0.15, 0.2) is 42.7 Å². The lowest BCUT2D eigenvalue weighted by molar-refractivity contribution is 0.163. The molecule has 0 aliphatic carbocycles. The lowest BCUT2D eigenvalue weighted by atomic mass is 9.98. The molecule has 1 heterocycles. The Labute approximate surface area is 142 Å². The predicted molar refractivity (Wildman–Crippen MR) is 93.5 cm³/mol. The van der Waals surface area contributed by atoms with Crippen LogP contribution in [0, 0.1) is 0 Å². The fraction of sp³-hybridized carbons (Fsp3) is 0.444. The first-order valence-electron chi connectivity index (χ1n) is 8.27. The summed E-state index contributed by atoms with van der Waals surface area (Å²) in [5.41, 5.74) is 1.52. The van der Waals surface area contributed by atoms with Gasteiger partial charge in [-0.2, -0.15) is 5.10 Å². The normalized spacial score (nSPS) is 13.3. The zero-order valence-corrected chi connectivity index (χ0v) is 14.3. The smallest absolute Gasteiger partial charge is 0.315 e. The highest BCUT2D eigenvalue weighted by atomic mass is 16.3. The Morgan fingerprint density at radius 2 is 2.04 bits per heavy atom. The Morgan fingerprint density at radius 3 is 2.71 bits per heavy atom. The number of amides is 2. The molecular formula is C18H26N4O2. The molecule has 0 aliphatic heterocycles. The molecule has 24 heavy (non-hydrogen) atoms. The largest absolute Gasteiger partial charge is 0.394 e. The number of aliphatic hydroxyl groups excluding tert-OH is 1. The van der Waals surface area contributed by atoms with Crippen molar-refractivity contribution in [3.63, 3.8) is 0 Å². The molecule has 1 atom stereocenters. The Bertz CT molecular complexity index is 641. The highest BCUT2D eigenvalue weighted by Crippen LogP contribution is 2.11. The first-order chi connectivity index (χ1) is 11.5. The van der Waals surface area contributed by atoms with E-state index >= 15 is 0 Å². The van der Waals surface area contributed by atoms with Gasteiger partial charge >= 0.3 is 6.03 Å². The molecule has 6 heteroatoms. The molecule has 0 bridgehead atoms. The number of urea groups is 1. The average molecular weight is 330 g/mol. The number of aromatic nitrogens is 2. The summed E-state index contributed by atoms with van der Waals surface area (Å²) in [6.07, 6.45) is 5.29. The van der Waals surface area contributed by atoms with E-state index in [1.54, 1.807) is 6.20 Å². The lowest BCUT2D eigenvalue weighted by Gasteiger charge is -2.28. The molecule has 0 fully saturated rings. The van der Waals surface area contributed by atoms with Crippen LogP contribution in [0.3, 0.4) is 0 Å². The van der Waals surface area contributed by atoms with Crippen LogP contribution >= 0.6 is 0 Å². The second-order valence-corrected chi connectivity index (χ2v) is 6.31. The van der Waals surface area contributed by atoms with Crippen LogP contribution in [0.5, 0.6) is 0 Å². The summed E-state index contributed by atoms with van der Waals surface area (Å²) in [5, 5.41) is 19.4. The monoisotopic (exact) mass is 330 g/mol. The average Bonchev–Trinajstić information content (AvgIpc) is 3.01. The molecule has 0 aliphatic rings. The maximum atomic E-state index is 12.0. The van der Waals surface area contributed by atoms with Crippen LogP contribution < -0.4 is 10.6 Å². The van der Waals surface area contributed by atoms with E-state index in [9.17, 15) is 9.90 Å². The van der Waals surface area contributed by atoms with Crippen LogP contribution in [0.2, 0.25) is 0 Å². The molecule has 0 saturated carbocycles. The number of hydrogen-bond acceptors (Lipinski definition) is 3. The van der Waals surface area contributed by atoms with Gasteiger partial charge in [-0.1, -0.05) is 43.7 Å². The number of rotatable bonds is 8. The summed E-state index contributed by atoms with van der Waals surface area (Å²) >= 11 is 0. The van der Waals surface area contributed by atoms with Crippen LogP contribution in [0.1, 0.15) is 37.8 Å². The molecule has 2 rings (SSSR count). The first kappa shape index (κ1) is 18.0. The van der Waals surface area contributed by atoms with Gasteiger partial charge in [-0.25, -0.2) is 4.79 Å². The Morgan fingerprint density at radius 1 is 1.29 bits per heavy atom. The number of nitrogens with zero attached hydrogens (tertiary/aromatic N) is 2. The number of benzene rings is 1. The maximum absolute atomic E-state index is 12.0. The van der Waals surface area contributed by atoms with E-state index < -0.39 is 5.54 Å². The highest BCUT2D eigenvalue weighted by Gasteiger charge is 2.24. The topological polar surface area (TPSA) is 79.2 Å². The van der Waals surface area contributed by atoms with Crippen molar-refractivity contribution in [1.29, 1.82) is 0 Å². The minimum atomic E-state index is -0.587. The third-order valence-corrected chi connectivity index (χ3v) is 3.89. The Balaban J connectivity index is 1.83. The quantitative estimate of drug-likeness (QED) is 0.695. The Kier molecular flexibility index (Phi) is 6.37. The van der Waals surface area contributed by atoms with Crippen molar-refractivity contribution >= 4 is 6.03 Å². The van der Waals surface area contributed by atoms with Crippen molar-refractivity contribution in [2.24, 2.45) is 0 Å². The van der Waals surface area contributed by atoms with E-state index in [4.69, 9.17) is 0 Å². The molecule has 0 radical (unpaired) electrons. The van der Waals surface area contributed by atoms with Crippen LogP contribution in [-0.4, -0.2) is 33.1 Å². The van der Waals surface area contributed by atoms with Gasteiger partial charge in [0.05, 0.1) is 24.9 Å². The van der Waals surface area contributed by atoms with Gasteiger partial charge in [-0.05, 0) is 18.9 Å². The summed E-state index contributed by atoms with van der Waals surface area (Å²) in [4.78, 5) is 12.0. The zero-order chi connectivity index (χ0) is 17.4. The Hall–Kier alpha value is -2.34. The van der Waals surface area contributed by atoms with Crippen LogP contribution in [0.4, 0.5) is 4.79 Å². The second-order valence-electron chi connectivity index (χ2n) is 6.31. The molecule has 1 aromatic carbocycles. The van der Waals surface area contributed by atoms with Gasteiger partial charge in [0.25, 0.3) is 0 Å². The predicted octanol–water partition coefficient (Wildman–Crippen LogP) is 2.28. The van der Waals surface area contributed by atoms with Crippen molar-refractivity contribution in [1.82, 2.24) is 20.4 Å². The first-order valence-corrected chi connectivity index (χ1v) is 8.27. The fourth-order valence-electron chi connectivity index (χ4n) is 2.59. The van der Waals surface area contributed by atoms with E-state index in [0.29, 0.717) is 13.1 Å². The van der Waals surface area contributed by atoms with E-state index in [2.05, 4.69) is 27.9 Å². The molecule has 2 amide bonds. The summed E-state index contributed by atoms with van der Waals surface area (Å²) in [7, 11) is 0. The summed E-state index contributed by atoms with van der Waals surface area (Å²) in [6.45, 7) is 4.88. The lowest BCUT2D eigenvalue weighted by Crippen LogP contribution is -2.52. The molecule has 130 valence electrons. The van der Waals surface area contributed by atoms with E-state index in [1.165, 1.54) is 5.56 Å². The van der Waals surface area contributed by atoms with Crippen molar-refractivity contribution in [3.05, 3.63) is 53.9 Å². The van der Waals surface area contributed by atoms with Crippen LogP contribution in [-0.2, 0) is 13.1 Å². The number of nitrogens with one attached hydrogen (secondary N) is 2. The van der Waals surface area contributed by atoms with E-state index in [1.807, 2.05) is 42.9 Å². The van der Waals surface area contributed by atoms with Crippen molar-refractivity contribution in [2.75, 3.05) is 6.61 Å². The molecular weight excluding hydrogens is 304 g/mol. The van der Waals surface area contributed by atoms with Crippen LogP contribution in [0.25, 0.3) is 0 Å². The van der Waals surface area contributed by atoms with Gasteiger partial charge in [0.15, 0.2) is 0 Å². The minimum Gasteiger partial charge on any atom is -0.394 e. The van der Waals surface area contributed by atoms with Gasteiger partial charge in [-0.3, -0.25) is 4.68 Å². The van der Waals surface area contributed by atoms with Gasteiger partial charge < -0.3 is 15.7 Å². The summed E-state index contributed by atoms with van der Waals surface area (Å²) in [5.74, 6) is 0. The standard InChI is InChI=1S/C18H26N4O2/c1-3-9-18(2,14-23)21-17(24)19-10-16-11-20-22(13-16)12-15-7-5-4-6-8-15/h4-8,11,13,23H,3,9-10,12,14H2,1-2H3,(H2,19,21,24). The molecule has 1 aromatic heterocycles. The SMILES string of the molecule is CCCC(C)(CO)NC(=O)NCc1cnn(Cc2ccccc2)c1. The highest BCUT2D eigenvalue weighted by molar-refractivity contribution is 5.74. The number of carbonyl (C=O) groups excluding carboxylic acids is 1. The molecule has 6 nitrogen and oxygen atoms in total. The van der Waals surface area contributed by atoms with Crippen molar-refractivity contribution < 1.29 is 9.90 Å². The van der Waals surface area contributed by atoms with Gasteiger partial charge in [0.1, 0.15) is 0 Å². The molecule has 3 N–H and O–H groups in total. The summed E-state index contributed by atoms with van der Waals surface area (Å²) in [6, 6.07) is 9.81. The van der Waals surface area contributed by atoms with Gasteiger partial charge in [-0.15, -0.1) is 0 Å². The number of hydrogen-bond donors (Lipinski definition) is 3.